The highest BCUT2D eigenvalue weighted by Crippen LogP contribution is 2.26. The molecule has 0 spiro atoms. The highest BCUT2D eigenvalue weighted by atomic mass is 16.5. The van der Waals surface area contributed by atoms with Crippen LogP contribution in [0.2, 0.25) is 0 Å². The maximum Gasteiger partial charge on any atom is 0.330 e. The molecule has 0 aliphatic rings. The molecule has 1 atom stereocenters. The summed E-state index contributed by atoms with van der Waals surface area (Å²) in [6.07, 6.45) is 0.485. The molecule has 35 heavy (non-hydrogen) atoms. The van der Waals surface area contributed by atoms with E-state index in [1.54, 1.807) is 37.4 Å². The second kappa shape index (κ2) is 10.7. The van der Waals surface area contributed by atoms with Crippen LogP contribution in [0.3, 0.4) is 0 Å². The molecule has 7 nitrogen and oxygen atoms in total. The van der Waals surface area contributed by atoms with Crippen LogP contribution >= 0.6 is 0 Å². The Kier molecular flexibility index (Phi) is 7.26. The number of benzene rings is 3. The largest absolute Gasteiger partial charge is 0.497 e. The predicted molar refractivity (Wildman–Crippen MR) is 134 cm³/mol. The van der Waals surface area contributed by atoms with Crippen LogP contribution in [0.4, 0.5) is 0 Å². The molecular weight excluding hydrogens is 442 g/mol. The zero-order valence-electron chi connectivity index (χ0n) is 19.6. The molecule has 4 rings (SSSR count). The van der Waals surface area contributed by atoms with Gasteiger partial charge in [0.1, 0.15) is 5.75 Å². The first-order chi connectivity index (χ1) is 16.9. The van der Waals surface area contributed by atoms with Crippen molar-refractivity contribution in [3.05, 3.63) is 102 Å². The van der Waals surface area contributed by atoms with Crippen LogP contribution in [0.1, 0.15) is 29.3 Å². The van der Waals surface area contributed by atoms with Gasteiger partial charge in [-0.15, -0.1) is 0 Å². The predicted octanol–water partition coefficient (Wildman–Crippen LogP) is 4.73. The van der Waals surface area contributed by atoms with Gasteiger partial charge in [-0.3, -0.25) is 4.79 Å². The summed E-state index contributed by atoms with van der Waals surface area (Å²) in [5.41, 5.74) is 5.18. The van der Waals surface area contributed by atoms with E-state index in [-0.39, 0.29) is 12.3 Å². The van der Waals surface area contributed by atoms with E-state index in [1.807, 2.05) is 60.1 Å². The van der Waals surface area contributed by atoms with Crippen LogP contribution in [0.5, 0.6) is 5.75 Å². The molecule has 0 aliphatic heterocycles. The van der Waals surface area contributed by atoms with Crippen molar-refractivity contribution in [2.24, 2.45) is 0 Å². The Morgan fingerprint density at radius 1 is 1.00 bits per heavy atom. The number of nitrogens with one attached hydrogen (secondary N) is 1. The number of carbonyl (C=O) groups is 2. The van der Waals surface area contributed by atoms with Gasteiger partial charge in [0.2, 0.25) is 5.91 Å². The van der Waals surface area contributed by atoms with Crippen LogP contribution in [0.25, 0.3) is 16.9 Å². The monoisotopic (exact) mass is 469 g/mol. The van der Waals surface area contributed by atoms with Crippen molar-refractivity contribution < 1.29 is 19.4 Å². The lowest BCUT2D eigenvalue weighted by atomic mass is 10.1. The smallest absolute Gasteiger partial charge is 0.330 e. The minimum atomic E-state index is -1.10. The van der Waals surface area contributed by atoms with Gasteiger partial charge < -0.3 is 15.2 Å². The summed E-state index contributed by atoms with van der Waals surface area (Å²) in [5, 5.41) is 17.0. The third-order valence-electron chi connectivity index (χ3n) is 5.68. The first-order valence-corrected chi connectivity index (χ1v) is 11.3. The fourth-order valence-corrected chi connectivity index (χ4v) is 3.89. The number of aromatic nitrogens is 2. The molecule has 0 aliphatic carbocycles. The number of aryl methyl sites for hydroxylation is 2. The van der Waals surface area contributed by atoms with Crippen molar-refractivity contribution in [3.63, 3.8) is 0 Å². The minimum absolute atomic E-state index is 0.115. The van der Waals surface area contributed by atoms with Gasteiger partial charge in [0.05, 0.1) is 24.2 Å². The number of aliphatic carboxylic acids is 1. The van der Waals surface area contributed by atoms with E-state index in [2.05, 4.69) is 11.4 Å². The number of nitrogens with zero attached hydrogens (tertiary/aromatic N) is 2. The van der Waals surface area contributed by atoms with Crippen LogP contribution in [-0.2, 0) is 16.0 Å². The summed E-state index contributed by atoms with van der Waals surface area (Å²) in [4.78, 5) is 24.3. The molecule has 1 heterocycles. The average molecular weight is 470 g/mol. The summed E-state index contributed by atoms with van der Waals surface area (Å²) < 4.78 is 7.12. The van der Waals surface area contributed by atoms with Gasteiger partial charge in [-0.1, -0.05) is 54.1 Å². The Morgan fingerprint density at radius 3 is 2.40 bits per heavy atom. The average Bonchev–Trinajstić information content (AvgIpc) is 3.31. The zero-order chi connectivity index (χ0) is 24.8. The maximum atomic E-state index is 12.6. The number of carboxylic acid groups (broad SMARTS) is 1. The second-order valence-electron chi connectivity index (χ2n) is 8.25. The van der Waals surface area contributed by atoms with E-state index in [0.29, 0.717) is 12.0 Å². The van der Waals surface area contributed by atoms with Gasteiger partial charge in [0.15, 0.2) is 6.04 Å². The van der Waals surface area contributed by atoms with E-state index < -0.39 is 12.0 Å². The van der Waals surface area contributed by atoms with E-state index in [1.165, 1.54) is 0 Å². The quantitative estimate of drug-likeness (QED) is 0.370. The molecule has 1 unspecified atom stereocenters. The Balaban J connectivity index is 1.55. The zero-order valence-corrected chi connectivity index (χ0v) is 19.6. The van der Waals surface area contributed by atoms with Crippen LogP contribution in [0.15, 0.2) is 84.9 Å². The first-order valence-electron chi connectivity index (χ1n) is 11.3. The van der Waals surface area contributed by atoms with Crippen LogP contribution in [-0.4, -0.2) is 33.9 Å². The summed E-state index contributed by atoms with van der Waals surface area (Å²) in [6.45, 7) is 2.04. The second-order valence-corrected chi connectivity index (χ2v) is 8.25. The van der Waals surface area contributed by atoms with E-state index in [0.717, 1.165) is 34.0 Å². The van der Waals surface area contributed by atoms with Gasteiger partial charge in [-0.2, -0.15) is 5.10 Å². The van der Waals surface area contributed by atoms with E-state index >= 15 is 0 Å². The summed E-state index contributed by atoms with van der Waals surface area (Å²) >= 11 is 0. The Morgan fingerprint density at radius 2 is 1.74 bits per heavy atom. The molecule has 1 amide bonds. The van der Waals surface area contributed by atoms with Gasteiger partial charge in [0, 0.05) is 18.4 Å². The number of carbonyl (C=O) groups excluding carboxylic acids is 1. The standard InChI is InChI=1S/C28H27N3O4/c1-19-7-6-10-21(17-19)25-18-22(30-31(25)23-12-14-24(35-2)15-13-23)11-16-26(32)29-27(28(33)34)20-8-4-3-5-9-20/h3-10,12-15,17-18,27H,11,16H2,1-2H3,(H,29,32)(H,33,34). The molecule has 178 valence electrons. The fourth-order valence-electron chi connectivity index (χ4n) is 3.89. The van der Waals surface area contributed by atoms with Gasteiger partial charge in [-0.25, -0.2) is 9.48 Å². The topological polar surface area (TPSA) is 93.5 Å². The maximum absolute atomic E-state index is 12.6. The van der Waals surface area contributed by atoms with E-state index in [9.17, 15) is 14.7 Å². The number of amides is 1. The Bertz CT molecular complexity index is 1310. The molecule has 0 fully saturated rings. The molecule has 4 aromatic rings. The third-order valence-corrected chi connectivity index (χ3v) is 5.68. The lowest BCUT2D eigenvalue weighted by Crippen LogP contribution is -2.33. The minimum Gasteiger partial charge on any atom is -0.497 e. The molecule has 0 bridgehead atoms. The number of hydrogen-bond donors (Lipinski definition) is 2. The molecule has 1 aromatic heterocycles. The Labute approximate surface area is 204 Å². The van der Waals surface area contributed by atoms with Crippen molar-refractivity contribution in [2.75, 3.05) is 7.11 Å². The lowest BCUT2D eigenvalue weighted by molar-refractivity contribution is -0.142. The first kappa shape index (κ1) is 23.8. The molecule has 7 heteroatoms. The van der Waals surface area contributed by atoms with Crippen LogP contribution in [0, 0.1) is 6.92 Å². The van der Waals surface area contributed by atoms with Gasteiger partial charge in [-0.05, 0) is 48.9 Å². The van der Waals surface area contributed by atoms with Crippen LogP contribution < -0.4 is 10.1 Å². The lowest BCUT2D eigenvalue weighted by Gasteiger charge is -2.14. The summed E-state index contributed by atoms with van der Waals surface area (Å²) in [6, 6.07) is 25.3. The highest BCUT2D eigenvalue weighted by Gasteiger charge is 2.22. The van der Waals surface area contributed by atoms with Crippen molar-refractivity contribution >= 4 is 11.9 Å². The summed E-state index contributed by atoms with van der Waals surface area (Å²) in [7, 11) is 1.62. The van der Waals surface area contributed by atoms with Crippen molar-refractivity contribution in [2.45, 2.75) is 25.8 Å². The van der Waals surface area contributed by atoms with Crippen molar-refractivity contribution in [3.8, 4) is 22.7 Å². The van der Waals surface area contributed by atoms with Crippen molar-refractivity contribution in [1.29, 1.82) is 0 Å². The normalized spacial score (nSPS) is 11.6. The molecule has 0 saturated carbocycles. The molecule has 0 saturated heterocycles. The number of ether oxygens (including phenoxy) is 1. The molecule has 0 radical (unpaired) electrons. The molecular formula is C28H27N3O4. The molecule has 3 aromatic carbocycles. The summed E-state index contributed by atoms with van der Waals surface area (Å²) in [5.74, 6) is -0.700. The SMILES string of the molecule is COc1ccc(-n2nc(CCC(=O)NC(C(=O)O)c3ccccc3)cc2-c2cccc(C)c2)cc1. The number of methoxy groups -OCH3 is 1. The third kappa shape index (κ3) is 5.76. The van der Waals surface area contributed by atoms with Gasteiger partial charge >= 0.3 is 5.97 Å². The number of rotatable bonds is 9. The van der Waals surface area contributed by atoms with Gasteiger partial charge in [0.25, 0.3) is 0 Å². The number of carboxylic acids is 1. The Hall–Kier alpha value is -4.39. The van der Waals surface area contributed by atoms with E-state index in [4.69, 9.17) is 9.84 Å². The van der Waals surface area contributed by atoms with Crippen molar-refractivity contribution in [1.82, 2.24) is 15.1 Å². The molecule has 2 N–H and O–H groups in total. The number of hydrogen-bond acceptors (Lipinski definition) is 4. The highest BCUT2D eigenvalue weighted by molar-refractivity contribution is 5.84. The fraction of sp³-hybridized carbons (Fsp3) is 0.179.